The number of anilines is 1. The Morgan fingerprint density at radius 3 is 2.43 bits per heavy atom. The van der Waals surface area contributed by atoms with Crippen LogP contribution < -0.4 is 9.46 Å². The highest BCUT2D eigenvalue weighted by atomic mass is 79.9. The minimum Gasteiger partial charge on any atom is -0.496 e. The molecule has 0 fully saturated rings. The summed E-state index contributed by atoms with van der Waals surface area (Å²) in [5, 5.41) is 0. The predicted octanol–water partition coefficient (Wildman–Crippen LogP) is 3.88. The first-order chi connectivity index (χ1) is 9.83. The maximum absolute atomic E-state index is 12.4. The topological polar surface area (TPSA) is 55.4 Å². The summed E-state index contributed by atoms with van der Waals surface area (Å²) in [7, 11) is -2.15. The average molecular weight is 370 g/mol. The van der Waals surface area contributed by atoms with Crippen molar-refractivity contribution in [2.24, 2.45) is 0 Å². The van der Waals surface area contributed by atoms with Gasteiger partial charge in [0.1, 0.15) is 5.75 Å². The molecule has 1 N–H and O–H groups in total. The van der Waals surface area contributed by atoms with E-state index >= 15 is 0 Å². The number of hydrogen-bond acceptors (Lipinski definition) is 3. The van der Waals surface area contributed by atoms with Crippen LogP contribution in [0.25, 0.3) is 0 Å². The summed E-state index contributed by atoms with van der Waals surface area (Å²) in [6.07, 6.45) is 0. The third-order valence-corrected chi connectivity index (χ3v) is 5.08. The molecule has 21 heavy (non-hydrogen) atoms. The number of hydrogen-bond donors (Lipinski definition) is 1. The largest absolute Gasteiger partial charge is 0.496 e. The van der Waals surface area contributed by atoms with Crippen LogP contribution in [0.1, 0.15) is 11.1 Å². The molecule has 0 unspecified atom stereocenters. The van der Waals surface area contributed by atoms with Crippen molar-refractivity contribution in [3.05, 3.63) is 52.0 Å². The quantitative estimate of drug-likeness (QED) is 0.889. The maximum Gasteiger partial charge on any atom is 0.262 e. The lowest BCUT2D eigenvalue weighted by Gasteiger charge is -2.12. The van der Waals surface area contributed by atoms with Gasteiger partial charge in [0.05, 0.1) is 22.2 Å². The second-order valence-corrected chi connectivity index (χ2v) is 7.26. The molecule has 0 saturated carbocycles. The van der Waals surface area contributed by atoms with Gasteiger partial charge in [-0.3, -0.25) is 4.72 Å². The Kier molecular flexibility index (Phi) is 4.58. The molecule has 0 amide bonds. The first-order valence-corrected chi connectivity index (χ1v) is 8.55. The fourth-order valence-corrected chi connectivity index (χ4v) is 3.49. The fraction of sp³-hybridized carbons (Fsp3) is 0.200. The van der Waals surface area contributed by atoms with E-state index in [9.17, 15) is 8.42 Å². The molecule has 0 aliphatic rings. The molecule has 2 aromatic carbocycles. The van der Waals surface area contributed by atoms with E-state index in [0.717, 1.165) is 11.1 Å². The molecule has 0 aromatic heterocycles. The Morgan fingerprint density at radius 2 is 1.81 bits per heavy atom. The van der Waals surface area contributed by atoms with E-state index in [4.69, 9.17) is 4.74 Å². The van der Waals surface area contributed by atoms with Crippen LogP contribution in [0.3, 0.4) is 0 Å². The molecule has 0 aliphatic heterocycles. The molecule has 0 saturated heterocycles. The Labute approximate surface area is 133 Å². The molecule has 2 rings (SSSR count). The summed E-state index contributed by atoms with van der Waals surface area (Å²) in [4.78, 5) is 0.155. The van der Waals surface area contributed by atoms with Gasteiger partial charge in [-0.05, 0) is 53.5 Å². The summed E-state index contributed by atoms with van der Waals surface area (Å²) >= 11 is 3.30. The number of methoxy groups -OCH3 is 1. The summed E-state index contributed by atoms with van der Waals surface area (Å²) in [6.45, 7) is 3.83. The smallest absolute Gasteiger partial charge is 0.262 e. The lowest BCUT2D eigenvalue weighted by atomic mass is 10.1. The van der Waals surface area contributed by atoms with Crippen molar-refractivity contribution < 1.29 is 13.2 Å². The third kappa shape index (κ3) is 3.57. The molecule has 4 nitrogen and oxygen atoms in total. The van der Waals surface area contributed by atoms with Crippen LogP contribution in [0.4, 0.5) is 5.69 Å². The van der Waals surface area contributed by atoms with E-state index in [2.05, 4.69) is 20.7 Å². The number of ether oxygens (including phenoxy) is 1. The van der Waals surface area contributed by atoms with E-state index < -0.39 is 10.0 Å². The predicted molar refractivity (Wildman–Crippen MR) is 87.4 cm³/mol. The molecule has 0 spiro atoms. The van der Waals surface area contributed by atoms with E-state index in [1.54, 1.807) is 12.1 Å². The molecule has 6 heteroatoms. The highest BCUT2D eigenvalue weighted by molar-refractivity contribution is 9.10. The van der Waals surface area contributed by atoms with Crippen molar-refractivity contribution >= 4 is 31.6 Å². The van der Waals surface area contributed by atoms with Crippen LogP contribution in [0.2, 0.25) is 0 Å². The molecule has 0 aliphatic carbocycles. The molecular weight excluding hydrogens is 354 g/mol. The zero-order valence-electron chi connectivity index (χ0n) is 12.0. The van der Waals surface area contributed by atoms with Crippen LogP contribution in [0, 0.1) is 13.8 Å². The van der Waals surface area contributed by atoms with Gasteiger partial charge in [0.2, 0.25) is 0 Å². The van der Waals surface area contributed by atoms with Crippen molar-refractivity contribution in [2.75, 3.05) is 11.8 Å². The van der Waals surface area contributed by atoms with Gasteiger partial charge in [0.25, 0.3) is 10.0 Å². The van der Waals surface area contributed by atoms with Crippen LogP contribution in [0.5, 0.6) is 5.75 Å². The summed E-state index contributed by atoms with van der Waals surface area (Å²) in [5.74, 6) is 0.471. The fourth-order valence-electron chi connectivity index (χ4n) is 1.94. The second-order valence-electron chi connectivity index (χ2n) is 4.72. The number of sulfonamides is 1. The van der Waals surface area contributed by atoms with Gasteiger partial charge in [0, 0.05) is 6.07 Å². The minimum absolute atomic E-state index is 0.155. The van der Waals surface area contributed by atoms with E-state index in [0.29, 0.717) is 15.9 Å². The van der Waals surface area contributed by atoms with E-state index in [1.165, 1.54) is 19.2 Å². The molecule has 0 atom stereocenters. The zero-order chi connectivity index (χ0) is 15.6. The second kappa shape index (κ2) is 6.07. The first-order valence-electron chi connectivity index (χ1n) is 6.27. The van der Waals surface area contributed by atoms with Gasteiger partial charge in [-0.25, -0.2) is 8.42 Å². The normalized spacial score (nSPS) is 11.2. The van der Waals surface area contributed by atoms with Gasteiger partial charge in [0.15, 0.2) is 0 Å². The number of rotatable bonds is 4. The SMILES string of the molecule is COc1cc(S(=O)(=O)Nc2ccc(C)cc2C)ccc1Br. The summed E-state index contributed by atoms with van der Waals surface area (Å²) in [5.41, 5.74) is 2.53. The highest BCUT2D eigenvalue weighted by Gasteiger charge is 2.17. The Bertz CT molecular complexity index is 772. The maximum atomic E-state index is 12.4. The van der Waals surface area contributed by atoms with Crippen LogP contribution in [-0.2, 0) is 10.0 Å². The van der Waals surface area contributed by atoms with Gasteiger partial charge in [-0.15, -0.1) is 0 Å². The Morgan fingerprint density at radius 1 is 1.10 bits per heavy atom. The van der Waals surface area contributed by atoms with Crippen molar-refractivity contribution in [1.29, 1.82) is 0 Å². The monoisotopic (exact) mass is 369 g/mol. The number of halogens is 1. The summed E-state index contributed by atoms with van der Waals surface area (Å²) < 4.78 is 33.3. The van der Waals surface area contributed by atoms with Crippen molar-refractivity contribution in [2.45, 2.75) is 18.7 Å². The minimum atomic E-state index is -3.65. The number of aryl methyl sites for hydroxylation is 2. The van der Waals surface area contributed by atoms with E-state index in [1.807, 2.05) is 26.0 Å². The standard InChI is InChI=1S/C15H16BrNO3S/c1-10-4-7-14(11(2)8-10)17-21(18,19)12-5-6-13(16)15(9-12)20-3/h4-9,17H,1-3H3. The average Bonchev–Trinajstić information content (AvgIpc) is 2.42. The van der Waals surface area contributed by atoms with Gasteiger partial charge < -0.3 is 4.74 Å². The van der Waals surface area contributed by atoms with Crippen molar-refractivity contribution in [3.8, 4) is 5.75 Å². The van der Waals surface area contributed by atoms with Gasteiger partial charge >= 0.3 is 0 Å². The molecule has 112 valence electrons. The Balaban J connectivity index is 2.38. The van der Waals surface area contributed by atoms with Crippen LogP contribution >= 0.6 is 15.9 Å². The van der Waals surface area contributed by atoms with Gasteiger partial charge in [-0.2, -0.15) is 0 Å². The Hall–Kier alpha value is -1.53. The number of nitrogens with one attached hydrogen (secondary N) is 1. The lowest BCUT2D eigenvalue weighted by molar-refractivity contribution is 0.411. The first kappa shape index (κ1) is 15.9. The molecule has 0 radical (unpaired) electrons. The van der Waals surface area contributed by atoms with E-state index in [-0.39, 0.29) is 4.90 Å². The number of benzene rings is 2. The molecule has 0 heterocycles. The van der Waals surface area contributed by atoms with Crippen molar-refractivity contribution in [3.63, 3.8) is 0 Å². The third-order valence-electron chi connectivity index (χ3n) is 3.06. The molecular formula is C15H16BrNO3S. The van der Waals surface area contributed by atoms with Crippen LogP contribution in [0.15, 0.2) is 45.8 Å². The van der Waals surface area contributed by atoms with Crippen LogP contribution in [-0.4, -0.2) is 15.5 Å². The molecule has 2 aromatic rings. The van der Waals surface area contributed by atoms with Crippen molar-refractivity contribution in [1.82, 2.24) is 0 Å². The highest BCUT2D eigenvalue weighted by Crippen LogP contribution is 2.29. The van der Waals surface area contributed by atoms with Gasteiger partial charge in [-0.1, -0.05) is 17.7 Å². The lowest BCUT2D eigenvalue weighted by Crippen LogP contribution is -2.14. The molecule has 0 bridgehead atoms. The zero-order valence-corrected chi connectivity index (χ0v) is 14.4. The summed E-state index contributed by atoms with van der Waals surface area (Å²) in [6, 6.07) is 10.2.